The van der Waals surface area contributed by atoms with E-state index in [9.17, 15) is 0 Å². The van der Waals surface area contributed by atoms with Crippen molar-refractivity contribution in [3.05, 3.63) is 22.4 Å². The number of rotatable bonds is 7. The van der Waals surface area contributed by atoms with Crippen LogP contribution in [-0.2, 0) is 11.3 Å². The van der Waals surface area contributed by atoms with Gasteiger partial charge in [-0.1, -0.05) is 13.8 Å². The third-order valence-corrected chi connectivity index (χ3v) is 2.46. The summed E-state index contributed by atoms with van der Waals surface area (Å²) in [5.41, 5.74) is 6.34. The minimum Gasteiger partial charge on any atom is -0.489 e. The quantitative estimate of drug-likeness (QED) is 0.786. The van der Waals surface area contributed by atoms with Crippen LogP contribution >= 0.6 is 15.9 Å². The van der Waals surface area contributed by atoms with Gasteiger partial charge < -0.3 is 15.2 Å². The van der Waals surface area contributed by atoms with Gasteiger partial charge in [0.05, 0.1) is 12.3 Å². The summed E-state index contributed by atoms with van der Waals surface area (Å²) >= 11 is 3.35. The molecule has 0 unspecified atom stereocenters. The Kier molecular flexibility index (Phi) is 6.47. The number of nitrogens with zero attached hydrogens (tertiary/aromatic N) is 1. The Balaban J connectivity index is 2.37. The van der Waals surface area contributed by atoms with E-state index in [4.69, 9.17) is 15.2 Å². The van der Waals surface area contributed by atoms with Crippen LogP contribution in [0.1, 0.15) is 19.5 Å². The van der Waals surface area contributed by atoms with Crippen molar-refractivity contribution in [1.29, 1.82) is 0 Å². The first-order valence-electron chi connectivity index (χ1n) is 5.68. The van der Waals surface area contributed by atoms with Gasteiger partial charge in [0.2, 0.25) is 0 Å². The van der Waals surface area contributed by atoms with Gasteiger partial charge >= 0.3 is 0 Å². The normalized spacial score (nSPS) is 10.9. The van der Waals surface area contributed by atoms with Crippen LogP contribution in [0, 0.1) is 5.92 Å². The van der Waals surface area contributed by atoms with Crippen LogP contribution < -0.4 is 10.5 Å². The van der Waals surface area contributed by atoms with E-state index in [1.165, 1.54) is 0 Å². The first-order chi connectivity index (χ1) is 8.13. The van der Waals surface area contributed by atoms with Gasteiger partial charge in [-0.15, -0.1) is 0 Å². The molecule has 0 aromatic carbocycles. The number of halogens is 1. The van der Waals surface area contributed by atoms with Crippen molar-refractivity contribution in [2.45, 2.75) is 20.4 Å². The summed E-state index contributed by atoms with van der Waals surface area (Å²) in [6, 6.07) is 1.87. The Morgan fingerprint density at radius 2 is 2.18 bits per heavy atom. The highest BCUT2D eigenvalue weighted by molar-refractivity contribution is 9.10. The Morgan fingerprint density at radius 1 is 1.41 bits per heavy atom. The van der Waals surface area contributed by atoms with Gasteiger partial charge in [0.15, 0.2) is 0 Å². The summed E-state index contributed by atoms with van der Waals surface area (Å²) in [5.74, 6) is 1.26. The van der Waals surface area contributed by atoms with Gasteiger partial charge in [0.25, 0.3) is 0 Å². The van der Waals surface area contributed by atoms with E-state index in [-0.39, 0.29) is 0 Å². The molecule has 0 amide bonds. The monoisotopic (exact) mass is 302 g/mol. The molecule has 0 aliphatic carbocycles. The third-order valence-electron chi connectivity index (χ3n) is 2.03. The van der Waals surface area contributed by atoms with Gasteiger partial charge in [0, 0.05) is 23.8 Å². The maximum atomic E-state index is 5.59. The van der Waals surface area contributed by atoms with Crippen molar-refractivity contribution in [2.24, 2.45) is 11.7 Å². The zero-order valence-electron chi connectivity index (χ0n) is 10.3. The first kappa shape index (κ1) is 14.4. The Hall–Kier alpha value is -0.650. The lowest BCUT2D eigenvalue weighted by atomic mass is 10.2. The highest BCUT2D eigenvalue weighted by Gasteiger charge is 2.04. The lowest BCUT2D eigenvalue weighted by Gasteiger charge is -2.11. The number of hydrogen-bond donors (Lipinski definition) is 1. The van der Waals surface area contributed by atoms with Crippen molar-refractivity contribution in [3.8, 4) is 5.75 Å². The fourth-order valence-corrected chi connectivity index (χ4v) is 1.57. The topological polar surface area (TPSA) is 57.4 Å². The summed E-state index contributed by atoms with van der Waals surface area (Å²) < 4.78 is 11.9. The van der Waals surface area contributed by atoms with Crippen LogP contribution in [0.4, 0.5) is 0 Å². The summed E-state index contributed by atoms with van der Waals surface area (Å²) in [6.45, 7) is 6.45. The minimum atomic E-state index is 0.371. The molecule has 1 heterocycles. The molecule has 0 spiro atoms. The number of pyridine rings is 1. The van der Waals surface area contributed by atoms with E-state index in [1.54, 1.807) is 6.20 Å². The van der Waals surface area contributed by atoms with E-state index in [1.807, 2.05) is 6.07 Å². The third kappa shape index (κ3) is 5.48. The van der Waals surface area contributed by atoms with Crippen LogP contribution in [0.2, 0.25) is 0 Å². The number of ether oxygens (including phenoxy) is 2. The smallest absolute Gasteiger partial charge is 0.143 e. The number of nitrogens with two attached hydrogens (primary N) is 1. The molecule has 4 nitrogen and oxygen atoms in total. The number of aromatic nitrogens is 1. The summed E-state index contributed by atoms with van der Waals surface area (Å²) in [5, 5.41) is 0. The molecule has 5 heteroatoms. The van der Waals surface area contributed by atoms with Gasteiger partial charge in [-0.3, -0.25) is 4.98 Å². The second-order valence-electron chi connectivity index (χ2n) is 4.12. The fraction of sp³-hybridized carbons (Fsp3) is 0.583. The van der Waals surface area contributed by atoms with Crippen molar-refractivity contribution in [2.75, 3.05) is 19.8 Å². The van der Waals surface area contributed by atoms with Gasteiger partial charge in [-0.25, -0.2) is 0 Å². The van der Waals surface area contributed by atoms with Crippen LogP contribution in [0.3, 0.4) is 0 Å². The molecule has 0 aliphatic rings. The van der Waals surface area contributed by atoms with E-state index < -0.39 is 0 Å². The van der Waals surface area contributed by atoms with E-state index in [0.717, 1.165) is 22.5 Å². The molecule has 0 bridgehead atoms. The molecule has 96 valence electrons. The lowest BCUT2D eigenvalue weighted by molar-refractivity contribution is 0.0815. The first-order valence-corrected chi connectivity index (χ1v) is 6.47. The van der Waals surface area contributed by atoms with Gasteiger partial charge in [0.1, 0.15) is 12.4 Å². The van der Waals surface area contributed by atoms with Crippen molar-refractivity contribution in [1.82, 2.24) is 4.98 Å². The van der Waals surface area contributed by atoms with E-state index >= 15 is 0 Å². The highest BCUT2D eigenvalue weighted by atomic mass is 79.9. The Bertz CT molecular complexity index is 345. The Labute approximate surface area is 111 Å². The molecule has 0 saturated carbocycles. The van der Waals surface area contributed by atoms with Crippen LogP contribution in [0.5, 0.6) is 5.75 Å². The van der Waals surface area contributed by atoms with Crippen LogP contribution in [0.15, 0.2) is 16.7 Å². The lowest BCUT2D eigenvalue weighted by Crippen LogP contribution is -2.12. The highest BCUT2D eigenvalue weighted by Crippen LogP contribution is 2.20. The SMILES string of the molecule is CC(C)COCCOc1cc(Br)cnc1CN. The second kappa shape index (κ2) is 7.63. The van der Waals surface area contributed by atoms with Gasteiger partial charge in [-0.05, 0) is 27.9 Å². The van der Waals surface area contributed by atoms with E-state index in [0.29, 0.717) is 25.7 Å². The molecule has 0 radical (unpaired) electrons. The molecular formula is C12H19BrN2O2. The molecule has 0 saturated heterocycles. The van der Waals surface area contributed by atoms with Crippen LogP contribution in [-0.4, -0.2) is 24.8 Å². The average Bonchev–Trinajstić information content (AvgIpc) is 2.28. The molecule has 2 N–H and O–H groups in total. The second-order valence-corrected chi connectivity index (χ2v) is 5.04. The van der Waals surface area contributed by atoms with Crippen molar-refractivity contribution in [3.63, 3.8) is 0 Å². The molecule has 1 aromatic rings. The molecule has 0 fully saturated rings. The predicted octanol–water partition coefficient (Wildman–Crippen LogP) is 2.35. The summed E-state index contributed by atoms with van der Waals surface area (Å²) in [7, 11) is 0. The maximum absolute atomic E-state index is 5.59. The molecule has 0 atom stereocenters. The van der Waals surface area contributed by atoms with Crippen molar-refractivity contribution < 1.29 is 9.47 Å². The predicted molar refractivity (Wildman–Crippen MR) is 71.0 cm³/mol. The molecule has 17 heavy (non-hydrogen) atoms. The molecule has 1 aromatic heterocycles. The standard InChI is InChI=1S/C12H19BrN2O2/c1-9(2)8-16-3-4-17-12-5-10(13)7-15-11(12)6-14/h5,7,9H,3-4,6,8,14H2,1-2H3. The Morgan fingerprint density at radius 3 is 2.82 bits per heavy atom. The molecule has 0 aliphatic heterocycles. The van der Waals surface area contributed by atoms with E-state index in [2.05, 4.69) is 34.8 Å². The maximum Gasteiger partial charge on any atom is 0.143 e. The van der Waals surface area contributed by atoms with Gasteiger partial charge in [-0.2, -0.15) is 0 Å². The van der Waals surface area contributed by atoms with Crippen LogP contribution in [0.25, 0.3) is 0 Å². The van der Waals surface area contributed by atoms with Crippen molar-refractivity contribution >= 4 is 15.9 Å². The zero-order chi connectivity index (χ0) is 12.7. The largest absolute Gasteiger partial charge is 0.489 e. The average molecular weight is 303 g/mol. The molecular weight excluding hydrogens is 284 g/mol. The minimum absolute atomic E-state index is 0.371. The summed E-state index contributed by atoms with van der Waals surface area (Å²) in [6.07, 6.45) is 1.71. The molecule has 1 rings (SSSR count). The zero-order valence-corrected chi connectivity index (χ0v) is 11.9. The summed E-state index contributed by atoms with van der Waals surface area (Å²) in [4.78, 5) is 4.19. The fourth-order valence-electron chi connectivity index (χ4n) is 1.26. The number of hydrogen-bond acceptors (Lipinski definition) is 4.